The maximum absolute atomic E-state index is 13.3. The van der Waals surface area contributed by atoms with E-state index < -0.39 is 16.4 Å². The summed E-state index contributed by atoms with van der Waals surface area (Å²) in [4.78, 5) is 23.9. The molecule has 1 amide bonds. The van der Waals surface area contributed by atoms with Crippen molar-refractivity contribution in [1.82, 2.24) is 4.90 Å². The lowest BCUT2D eigenvalue weighted by Gasteiger charge is -2.32. The molecule has 1 fully saturated rings. The summed E-state index contributed by atoms with van der Waals surface area (Å²) in [5, 5.41) is 11.1. The second-order valence-corrected chi connectivity index (χ2v) is 5.98. The Morgan fingerprint density at radius 1 is 1.60 bits per heavy atom. The Bertz CT molecular complexity index is 538. The predicted molar refractivity (Wildman–Crippen MR) is 75.5 cm³/mol. The largest absolute Gasteiger partial charge is 0.337 e. The lowest BCUT2D eigenvalue weighted by Crippen LogP contribution is -2.41. The number of hydrogen-bond acceptors (Lipinski definition) is 4. The van der Waals surface area contributed by atoms with Crippen molar-refractivity contribution < 1.29 is 14.1 Å². The number of carbonyl (C=O) groups excluding carboxylic acids is 1. The van der Waals surface area contributed by atoms with Gasteiger partial charge >= 0.3 is 5.69 Å². The van der Waals surface area contributed by atoms with Crippen LogP contribution in [0.15, 0.2) is 18.2 Å². The van der Waals surface area contributed by atoms with Crippen molar-refractivity contribution >= 4 is 23.4 Å². The number of benzene rings is 1. The summed E-state index contributed by atoms with van der Waals surface area (Å²) < 4.78 is 13.3. The van der Waals surface area contributed by atoms with Crippen LogP contribution in [0.5, 0.6) is 0 Å². The summed E-state index contributed by atoms with van der Waals surface area (Å²) in [5.74, 6) is -0.341. The van der Waals surface area contributed by atoms with Gasteiger partial charge in [0.2, 0.25) is 5.82 Å². The van der Waals surface area contributed by atoms with Gasteiger partial charge in [-0.1, -0.05) is 6.92 Å². The van der Waals surface area contributed by atoms with Crippen LogP contribution in [0.3, 0.4) is 0 Å². The third-order valence-corrected chi connectivity index (χ3v) is 4.64. The molecule has 1 aromatic carbocycles. The Hall–Kier alpha value is -1.63. The molecule has 0 aromatic heterocycles. The van der Waals surface area contributed by atoms with E-state index in [1.54, 1.807) is 4.90 Å². The minimum Gasteiger partial charge on any atom is -0.337 e. The van der Waals surface area contributed by atoms with Gasteiger partial charge in [0.15, 0.2) is 0 Å². The van der Waals surface area contributed by atoms with Gasteiger partial charge in [0, 0.05) is 35.7 Å². The Balaban J connectivity index is 2.20. The molecule has 7 heteroatoms. The van der Waals surface area contributed by atoms with Crippen LogP contribution in [0.4, 0.5) is 10.1 Å². The van der Waals surface area contributed by atoms with E-state index in [9.17, 15) is 19.3 Å². The van der Waals surface area contributed by atoms with Crippen LogP contribution in [0.1, 0.15) is 23.7 Å². The van der Waals surface area contributed by atoms with Crippen molar-refractivity contribution in [3.63, 3.8) is 0 Å². The number of thioether (sulfide) groups is 1. The number of rotatable bonds is 3. The van der Waals surface area contributed by atoms with E-state index in [4.69, 9.17) is 0 Å². The molecule has 1 aromatic rings. The summed E-state index contributed by atoms with van der Waals surface area (Å²) >= 11 is 1.83. The normalized spacial score (nSPS) is 18.9. The first-order valence-corrected chi connectivity index (χ1v) is 7.42. The fourth-order valence-electron chi connectivity index (χ4n) is 2.12. The predicted octanol–water partition coefficient (Wildman–Crippen LogP) is 2.70. The molecule has 5 nitrogen and oxygen atoms in total. The second-order valence-electron chi connectivity index (χ2n) is 4.58. The number of hydrogen-bond donors (Lipinski definition) is 0. The molecule has 0 radical (unpaired) electrons. The first kappa shape index (κ1) is 14.8. The Kier molecular flexibility index (Phi) is 4.59. The quantitative estimate of drug-likeness (QED) is 0.636. The summed E-state index contributed by atoms with van der Waals surface area (Å²) in [7, 11) is 0. The average Bonchev–Trinajstić information content (AvgIpc) is 2.46. The van der Waals surface area contributed by atoms with Gasteiger partial charge in [-0.15, -0.1) is 0 Å². The molecule has 0 N–H and O–H groups in total. The smallest absolute Gasteiger partial charge is 0.305 e. The van der Waals surface area contributed by atoms with Crippen LogP contribution in [0.25, 0.3) is 0 Å². The fourth-order valence-corrected chi connectivity index (χ4v) is 3.30. The van der Waals surface area contributed by atoms with E-state index in [-0.39, 0.29) is 11.5 Å². The van der Waals surface area contributed by atoms with Crippen LogP contribution in [-0.4, -0.2) is 39.8 Å². The van der Waals surface area contributed by atoms with Gasteiger partial charge in [-0.3, -0.25) is 14.9 Å². The zero-order chi connectivity index (χ0) is 14.7. The van der Waals surface area contributed by atoms with Crippen LogP contribution in [0, 0.1) is 15.9 Å². The zero-order valence-electron chi connectivity index (χ0n) is 11.0. The highest BCUT2D eigenvalue weighted by Crippen LogP contribution is 2.24. The van der Waals surface area contributed by atoms with E-state index in [0.717, 1.165) is 24.3 Å². The van der Waals surface area contributed by atoms with Crippen LogP contribution in [-0.2, 0) is 0 Å². The summed E-state index contributed by atoms with van der Waals surface area (Å²) in [6, 6.07) is 3.29. The topological polar surface area (TPSA) is 63.5 Å². The van der Waals surface area contributed by atoms with Gasteiger partial charge in [0.25, 0.3) is 5.91 Å². The van der Waals surface area contributed by atoms with Gasteiger partial charge in [-0.25, -0.2) is 0 Å². The van der Waals surface area contributed by atoms with Crippen molar-refractivity contribution in [2.75, 3.05) is 18.8 Å². The molecule has 1 aliphatic rings. The maximum atomic E-state index is 13.3. The molecule has 0 bridgehead atoms. The number of nitrogens with zero attached hydrogens (tertiary/aromatic N) is 2. The first-order chi connectivity index (χ1) is 9.52. The average molecular weight is 298 g/mol. The van der Waals surface area contributed by atoms with Crippen molar-refractivity contribution in [3.05, 3.63) is 39.7 Å². The molecule has 2 rings (SSSR count). The fraction of sp³-hybridized carbons (Fsp3) is 0.462. The van der Waals surface area contributed by atoms with E-state index in [2.05, 4.69) is 6.92 Å². The van der Waals surface area contributed by atoms with E-state index >= 15 is 0 Å². The first-order valence-electron chi connectivity index (χ1n) is 6.37. The highest BCUT2D eigenvalue weighted by molar-refractivity contribution is 8.00. The van der Waals surface area contributed by atoms with E-state index in [1.165, 1.54) is 6.07 Å². The number of amides is 1. The molecule has 0 saturated carbocycles. The Morgan fingerprint density at radius 2 is 2.35 bits per heavy atom. The third-order valence-electron chi connectivity index (χ3n) is 3.27. The lowest BCUT2D eigenvalue weighted by molar-refractivity contribution is -0.387. The zero-order valence-corrected chi connectivity index (χ0v) is 11.9. The SMILES string of the molecule is CCC1CN(C(=O)c2ccc(F)c([N+](=O)[O-])c2)CCS1. The molecular formula is C13H15FN2O3S. The van der Waals surface area contributed by atoms with Crippen molar-refractivity contribution in [2.45, 2.75) is 18.6 Å². The highest BCUT2D eigenvalue weighted by Gasteiger charge is 2.25. The monoisotopic (exact) mass is 298 g/mol. The third kappa shape index (κ3) is 3.09. The highest BCUT2D eigenvalue weighted by atomic mass is 32.2. The molecule has 1 unspecified atom stereocenters. The standard InChI is InChI=1S/C13H15FN2O3S/c1-2-10-8-15(5-6-20-10)13(17)9-3-4-11(14)12(7-9)16(18)19/h3-4,7,10H,2,5-6,8H2,1H3. The summed E-state index contributed by atoms with van der Waals surface area (Å²) in [5.41, 5.74) is -0.492. The molecule has 1 atom stereocenters. The summed E-state index contributed by atoms with van der Waals surface area (Å²) in [6.07, 6.45) is 0.970. The van der Waals surface area contributed by atoms with E-state index in [1.807, 2.05) is 11.8 Å². The van der Waals surface area contributed by atoms with Crippen molar-refractivity contribution in [3.8, 4) is 0 Å². The van der Waals surface area contributed by atoms with Gasteiger partial charge in [0.1, 0.15) is 0 Å². The minimum absolute atomic E-state index is 0.167. The summed E-state index contributed by atoms with van der Waals surface area (Å²) in [6.45, 7) is 3.31. The molecule has 0 aliphatic carbocycles. The molecule has 108 valence electrons. The lowest BCUT2D eigenvalue weighted by atomic mass is 10.1. The van der Waals surface area contributed by atoms with Gasteiger partial charge in [-0.2, -0.15) is 16.2 Å². The number of nitro benzene ring substituents is 1. The van der Waals surface area contributed by atoms with E-state index in [0.29, 0.717) is 18.3 Å². The number of halogens is 1. The molecular weight excluding hydrogens is 283 g/mol. The van der Waals surface area contributed by atoms with Crippen molar-refractivity contribution in [1.29, 1.82) is 0 Å². The number of nitro groups is 1. The van der Waals surface area contributed by atoms with Crippen LogP contribution >= 0.6 is 11.8 Å². The van der Waals surface area contributed by atoms with Crippen LogP contribution in [0.2, 0.25) is 0 Å². The number of carbonyl (C=O) groups is 1. The molecule has 1 saturated heterocycles. The van der Waals surface area contributed by atoms with Gasteiger partial charge in [-0.05, 0) is 18.6 Å². The molecule has 0 spiro atoms. The molecule has 1 heterocycles. The molecule has 20 heavy (non-hydrogen) atoms. The minimum atomic E-state index is -0.924. The second kappa shape index (κ2) is 6.21. The van der Waals surface area contributed by atoms with Crippen molar-refractivity contribution in [2.24, 2.45) is 0 Å². The maximum Gasteiger partial charge on any atom is 0.305 e. The Labute approximate surface area is 120 Å². The van der Waals surface area contributed by atoms with Crippen LogP contribution < -0.4 is 0 Å². The Morgan fingerprint density at radius 3 is 3.00 bits per heavy atom. The molecule has 1 aliphatic heterocycles. The van der Waals surface area contributed by atoms with Gasteiger partial charge in [0.05, 0.1) is 4.92 Å². The van der Waals surface area contributed by atoms with Gasteiger partial charge < -0.3 is 4.90 Å².